The minimum atomic E-state index is -4.59. The highest BCUT2D eigenvalue weighted by atomic mass is 19.4. The van der Waals surface area contributed by atoms with Crippen molar-refractivity contribution in [3.8, 4) is 11.5 Å². The molecule has 10 heteroatoms. The third-order valence-corrected chi connectivity index (χ3v) is 5.74. The first-order valence-electron chi connectivity index (χ1n) is 11.1. The Morgan fingerprint density at radius 3 is 2.31 bits per heavy atom. The van der Waals surface area contributed by atoms with Gasteiger partial charge >= 0.3 is 6.18 Å². The highest BCUT2D eigenvalue weighted by Gasteiger charge is 2.51. The van der Waals surface area contributed by atoms with Gasteiger partial charge in [-0.25, -0.2) is 9.97 Å². The molecule has 1 heterocycles. The minimum Gasteiger partial charge on any atom is -0.457 e. The number of halogens is 3. The van der Waals surface area contributed by atoms with Gasteiger partial charge in [-0.15, -0.1) is 0 Å². The van der Waals surface area contributed by atoms with Crippen LogP contribution in [0.1, 0.15) is 46.8 Å². The van der Waals surface area contributed by atoms with Gasteiger partial charge in [0.2, 0.25) is 5.91 Å². The molecule has 1 aromatic heterocycles. The quantitative estimate of drug-likeness (QED) is 0.463. The Hall–Kier alpha value is -4.21. The summed E-state index contributed by atoms with van der Waals surface area (Å²) >= 11 is 0. The van der Waals surface area contributed by atoms with Crippen molar-refractivity contribution in [3.63, 3.8) is 0 Å². The van der Waals surface area contributed by atoms with E-state index < -0.39 is 23.2 Å². The van der Waals surface area contributed by atoms with E-state index in [0.717, 1.165) is 6.07 Å². The lowest BCUT2D eigenvalue weighted by Gasteiger charge is -2.17. The molecule has 1 saturated carbocycles. The molecule has 4 rings (SSSR count). The molecule has 1 aliphatic rings. The second kappa shape index (κ2) is 9.80. The fourth-order valence-electron chi connectivity index (χ4n) is 3.50. The standard InChI is InChI=1S/C26H23F3N4O3/c1-16(2)18-5-8-22(21(11-18)26(27,28)29)36-20-6-3-17(4-7-20)12-32-24(35)25(9-10-25)33-23(34)19-13-30-15-31-14-19/h3-8,11,13-15H,1,9-10,12H2,2H3,(H,32,35)(H,33,34). The summed E-state index contributed by atoms with van der Waals surface area (Å²) in [5, 5.41) is 5.53. The van der Waals surface area contributed by atoms with Crippen LogP contribution in [0.25, 0.3) is 5.57 Å². The van der Waals surface area contributed by atoms with Crippen LogP contribution in [0, 0.1) is 0 Å². The van der Waals surface area contributed by atoms with Crippen molar-refractivity contribution in [2.24, 2.45) is 0 Å². The molecule has 36 heavy (non-hydrogen) atoms. The van der Waals surface area contributed by atoms with Crippen molar-refractivity contribution in [3.05, 3.63) is 90.0 Å². The first-order chi connectivity index (χ1) is 17.1. The summed E-state index contributed by atoms with van der Waals surface area (Å²) in [5.41, 5.74) is -0.00116. The number of benzene rings is 2. The van der Waals surface area contributed by atoms with E-state index in [2.05, 4.69) is 27.2 Å². The lowest BCUT2D eigenvalue weighted by atomic mass is 10.0. The number of carbonyl (C=O) groups is 2. The van der Waals surface area contributed by atoms with Crippen LogP contribution in [0.5, 0.6) is 11.5 Å². The number of rotatable bonds is 8. The summed E-state index contributed by atoms with van der Waals surface area (Å²) < 4.78 is 46.1. The van der Waals surface area contributed by atoms with Gasteiger partial charge in [-0.2, -0.15) is 13.2 Å². The lowest BCUT2D eigenvalue weighted by molar-refractivity contribution is -0.138. The van der Waals surface area contributed by atoms with Gasteiger partial charge in [0.15, 0.2) is 0 Å². The van der Waals surface area contributed by atoms with Crippen molar-refractivity contribution in [2.45, 2.75) is 38.0 Å². The number of nitrogens with one attached hydrogen (secondary N) is 2. The average Bonchev–Trinajstić information content (AvgIpc) is 3.64. The maximum Gasteiger partial charge on any atom is 0.420 e. The van der Waals surface area contributed by atoms with Crippen LogP contribution in [0.15, 0.2) is 67.8 Å². The van der Waals surface area contributed by atoms with Gasteiger partial charge in [-0.05, 0) is 55.2 Å². The number of amides is 2. The van der Waals surface area contributed by atoms with Crippen LogP contribution in [-0.2, 0) is 17.5 Å². The number of carbonyl (C=O) groups excluding carboxylic acids is 2. The van der Waals surface area contributed by atoms with Crippen LogP contribution < -0.4 is 15.4 Å². The third-order valence-electron chi connectivity index (χ3n) is 5.74. The van der Waals surface area contributed by atoms with Gasteiger partial charge in [0.1, 0.15) is 23.4 Å². The third kappa shape index (κ3) is 5.70. The Balaban J connectivity index is 1.37. The highest BCUT2D eigenvalue weighted by Crippen LogP contribution is 2.40. The van der Waals surface area contributed by atoms with Gasteiger partial charge < -0.3 is 15.4 Å². The molecule has 0 atom stereocenters. The van der Waals surface area contributed by atoms with E-state index >= 15 is 0 Å². The number of hydrogen-bond donors (Lipinski definition) is 2. The Morgan fingerprint density at radius 1 is 1.06 bits per heavy atom. The number of alkyl halides is 3. The van der Waals surface area contributed by atoms with Crippen molar-refractivity contribution in [1.82, 2.24) is 20.6 Å². The molecule has 0 aliphatic heterocycles. The Labute approximate surface area is 205 Å². The van der Waals surface area contributed by atoms with Crippen LogP contribution in [0.3, 0.4) is 0 Å². The van der Waals surface area contributed by atoms with Gasteiger partial charge in [0, 0.05) is 18.9 Å². The number of hydrogen-bond acceptors (Lipinski definition) is 5. The zero-order chi connectivity index (χ0) is 25.9. The fourth-order valence-corrected chi connectivity index (χ4v) is 3.50. The van der Waals surface area contributed by atoms with Crippen molar-refractivity contribution in [2.75, 3.05) is 0 Å². The topological polar surface area (TPSA) is 93.2 Å². The highest BCUT2D eigenvalue weighted by molar-refractivity contribution is 6.00. The normalized spacial score (nSPS) is 14.0. The molecular weight excluding hydrogens is 473 g/mol. The number of allylic oxidation sites excluding steroid dienone is 1. The molecule has 0 unspecified atom stereocenters. The van der Waals surface area contributed by atoms with Crippen LogP contribution in [0.4, 0.5) is 13.2 Å². The molecule has 2 N–H and O–H groups in total. The summed E-state index contributed by atoms with van der Waals surface area (Å²) in [6.07, 6.45) is 0.473. The molecule has 0 saturated heterocycles. The predicted octanol–water partition coefficient (Wildman–Crippen LogP) is 4.90. The monoisotopic (exact) mass is 496 g/mol. The molecule has 2 aromatic carbocycles. The molecule has 0 bridgehead atoms. The Kier molecular flexibility index (Phi) is 6.78. The Bertz CT molecular complexity index is 1290. The van der Waals surface area contributed by atoms with Gasteiger partial charge in [0.25, 0.3) is 5.91 Å². The van der Waals surface area contributed by atoms with Crippen LogP contribution >= 0.6 is 0 Å². The molecule has 0 spiro atoms. The fraction of sp³-hybridized carbons (Fsp3) is 0.231. The SMILES string of the molecule is C=C(C)c1ccc(Oc2ccc(CNC(=O)C3(NC(=O)c4cncnc4)CC3)cc2)c(C(F)(F)F)c1. The van der Waals surface area contributed by atoms with E-state index in [1.807, 2.05) is 0 Å². The number of ether oxygens (including phenoxy) is 1. The molecule has 1 aliphatic carbocycles. The van der Waals surface area contributed by atoms with Crippen LogP contribution in [-0.4, -0.2) is 27.3 Å². The molecule has 186 valence electrons. The van der Waals surface area contributed by atoms with E-state index in [4.69, 9.17) is 4.74 Å². The van der Waals surface area contributed by atoms with E-state index in [9.17, 15) is 22.8 Å². The van der Waals surface area contributed by atoms with E-state index in [0.29, 0.717) is 29.5 Å². The van der Waals surface area contributed by atoms with Gasteiger partial charge in [-0.3, -0.25) is 9.59 Å². The Morgan fingerprint density at radius 2 is 1.72 bits per heavy atom. The molecule has 0 radical (unpaired) electrons. The lowest BCUT2D eigenvalue weighted by Crippen LogP contribution is -2.48. The molecule has 2 amide bonds. The van der Waals surface area contributed by atoms with Crippen molar-refractivity contribution < 1.29 is 27.5 Å². The molecule has 1 fully saturated rings. The summed E-state index contributed by atoms with van der Waals surface area (Å²) in [6, 6.07) is 10.1. The smallest absolute Gasteiger partial charge is 0.420 e. The number of aromatic nitrogens is 2. The van der Waals surface area contributed by atoms with Gasteiger partial charge in [-0.1, -0.05) is 30.4 Å². The van der Waals surface area contributed by atoms with Gasteiger partial charge in [0.05, 0.1) is 11.1 Å². The van der Waals surface area contributed by atoms with E-state index in [1.165, 1.54) is 43.0 Å². The largest absolute Gasteiger partial charge is 0.457 e. The number of nitrogens with zero attached hydrogens (tertiary/aromatic N) is 2. The summed E-state index contributed by atoms with van der Waals surface area (Å²) in [6.45, 7) is 5.49. The summed E-state index contributed by atoms with van der Waals surface area (Å²) in [5.74, 6) is -0.849. The summed E-state index contributed by atoms with van der Waals surface area (Å²) in [4.78, 5) is 32.6. The zero-order valence-electron chi connectivity index (χ0n) is 19.4. The predicted molar refractivity (Wildman–Crippen MR) is 126 cm³/mol. The maximum absolute atomic E-state index is 13.5. The first-order valence-corrected chi connectivity index (χ1v) is 11.1. The second-order valence-electron chi connectivity index (χ2n) is 8.58. The first kappa shape index (κ1) is 24.9. The van der Waals surface area contributed by atoms with E-state index in [-0.39, 0.29) is 29.5 Å². The minimum absolute atomic E-state index is 0.173. The molecule has 3 aromatic rings. The van der Waals surface area contributed by atoms with Crippen molar-refractivity contribution >= 4 is 17.4 Å². The molecular formula is C26H23F3N4O3. The van der Waals surface area contributed by atoms with Crippen LogP contribution in [0.2, 0.25) is 0 Å². The summed E-state index contributed by atoms with van der Waals surface area (Å²) in [7, 11) is 0. The molecule has 7 nitrogen and oxygen atoms in total. The van der Waals surface area contributed by atoms with Crippen molar-refractivity contribution in [1.29, 1.82) is 0 Å². The second-order valence-corrected chi connectivity index (χ2v) is 8.58. The van der Waals surface area contributed by atoms with E-state index in [1.54, 1.807) is 19.1 Å². The maximum atomic E-state index is 13.5. The zero-order valence-corrected chi connectivity index (χ0v) is 19.4. The average molecular weight is 496 g/mol.